The van der Waals surface area contributed by atoms with E-state index in [1.165, 1.54) is 0 Å². The SMILES string of the molecule is CCOC(=O)C1CCCN=C(C2=C(N)CCNC2)C1=O. The van der Waals surface area contributed by atoms with E-state index in [9.17, 15) is 9.59 Å². The van der Waals surface area contributed by atoms with Crippen LogP contribution in [0.5, 0.6) is 0 Å². The summed E-state index contributed by atoms with van der Waals surface area (Å²) in [6.45, 7) is 3.90. The second-order valence-corrected chi connectivity index (χ2v) is 4.97. The normalized spacial score (nSPS) is 24.1. The molecule has 0 aromatic heterocycles. The van der Waals surface area contributed by atoms with Crippen molar-refractivity contribution in [1.29, 1.82) is 0 Å². The van der Waals surface area contributed by atoms with E-state index in [1.807, 2.05) is 0 Å². The molecule has 0 saturated heterocycles. The van der Waals surface area contributed by atoms with Gasteiger partial charge in [0.25, 0.3) is 0 Å². The molecule has 0 aromatic carbocycles. The predicted molar refractivity (Wildman–Crippen MR) is 75.4 cm³/mol. The topological polar surface area (TPSA) is 93.8 Å². The number of rotatable bonds is 3. The molecule has 0 saturated carbocycles. The Labute approximate surface area is 118 Å². The molecule has 2 aliphatic heterocycles. The Morgan fingerprint density at radius 1 is 1.55 bits per heavy atom. The monoisotopic (exact) mass is 279 g/mol. The zero-order valence-corrected chi connectivity index (χ0v) is 11.8. The van der Waals surface area contributed by atoms with Gasteiger partial charge < -0.3 is 15.8 Å². The van der Waals surface area contributed by atoms with Crippen LogP contribution in [0.2, 0.25) is 0 Å². The molecule has 6 heteroatoms. The maximum absolute atomic E-state index is 12.6. The first kappa shape index (κ1) is 14.7. The van der Waals surface area contributed by atoms with Crippen molar-refractivity contribution in [3.8, 4) is 0 Å². The fourth-order valence-corrected chi connectivity index (χ4v) is 2.51. The largest absolute Gasteiger partial charge is 0.465 e. The van der Waals surface area contributed by atoms with Gasteiger partial charge in [0, 0.05) is 30.9 Å². The van der Waals surface area contributed by atoms with Crippen LogP contribution in [0.4, 0.5) is 0 Å². The lowest BCUT2D eigenvalue weighted by atomic mass is 9.91. The zero-order chi connectivity index (χ0) is 14.5. The van der Waals surface area contributed by atoms with Crippen LogP contribution in [0, 0.1) is 5.92 Å². The van der Waals surface area contributed by atoms with Gasteiger partial charge in [-0.25, -0.2) is 0 Å². The van der Waals surface area contributed by atoms with Gasteiger partial charge >= 0.3 is 5.97 Å². The van der Waals surface area contributed by atoms with Crippen LogP contribution in [0.1, 0.15) is 26.2 Å². The Morgan fingerprint density at radius 2 is 2.35 bits per heavy atom. The highest BCUT2D eigenvalue weighted by Gasteiger charge is 2.34. The molecular formula is C14H21N3O3. The highest BCUT2D eigenvalue weighted by atomic mass is 16.5. The maximum atomic E-state index is 12.6. The minimum absolute atomic E-state index is 0.248. The first-order chi connectivity index (χ1) is 9.65. The second kappa shape index (κ2) is 6.65. The van der Waals surface area contributed by atoms with Crippen LogP contribution in [0.3, 0.4) is 0 Å². The van der Waals surface area contributed by atoms with Crippen LogP contribution < -0.4 is 11.1 Å². The number of ether oxygens (including phenoxy) is 1. The summed E-state index contributed by atoms with van der Waals surface area (Å²) in [6.07, 6.45) is 1.90. The Morgan fingerprint density at radius 3 is 3.05 bits per heavy atom. The Kier molecular flexibility index (Phi) is 4.89. The smallest absolute Gasteiger partial charge is 0.316 e. The van der Waals surface area contributed by atoms with E-state index in [0.29, 0.717) is 43.8 Å². The van der Waals surface area contributed by atoms with Crippen molar-refractivity contribution in [3.63, 3.8) is 0 Å². The molecule has 0 aromatic rings. The summed E-state index contributed by atoms with van der Waals surface area (Å²) in [7, 11) is 0. The minimum Gasteiger partial charge on any atom is -0.465 e. The third-order valence-electron chi connectivity index (χ3n) is 3.59. The van der Waals surface area contributed by atoms with E-state index in [2.05, 4.69) is 10.3 Å². The van der Waals surface area contributed by atoms with Crippen molar-refractivity contribution < 1.29 is 14.3 Å². The minimum atomic E-state index is -0.738. The average Bonchev–Trinajstić information content (AvgIpc) is 2.62. The van der Waals surface area contributed by atoms with Gasteiger partial charge in [-0.1, -0.05) is 0 Å². The van der Waals surface area contributed by atoms with Crippen LogP contribution in [0.15, 0.2) is 16.3 Å². The maximum Gasteiger partial charge on any atom is 0.316 e. The number of nitrogens with two attached hydrogens (primary N) is 1. The van der Waals surface area contributed by atoms with Gasteiger partial charge in [-0.3, -0.25) is 14.6 Å². The first-order valence-electron chi connectivity index (χ1n) is 7.09. The van der Waals surface area contributed by atoms with Crippen LogP contribution >= 0.6 is 0 Å². The van der Waals surface area contributed by atoms with Gasteiger partial charge in [0.1, 0.15) is 11.6 Å². The van der Waals surface area contributed by atoms with Crippen molar-refractivity contribution in [1.82, 2.24) is 5.32 Å². The number of carbonyl (C=O) groups excluding carboxylic acids is 2. The Bertz CT molecular complexity index is 468. The Hall–Kier alpha value is -1.69. The summed E-state index contributed by atoms with van der Waals surface area (Å²) in [5.74, 6) is -1.43. The number of hydrogen-bond donors (Lipinski definition) is 2. The molecule has 0 radical (unpaired) electrons. The highest BCUT2D eigenvalue weighted by Crippen LogP contribution is 2.20. The number of esters is 1. The van der Waals surface area contributed by atoms with Crippen molar-refractivity contribution in [2.45, 2.75) is 26.2 Å². The third-order valence-corrected chi connectivity index (χ3v) is 3.59. The van der Waals surface area contributed by atoms with Crippen LogP contribution in [0.25, 0.3) is 0 Å². The molecule has 0 bridgehead atoms. The summed E-state index contributed by atoms with van der Waals surface area (Å²) in [5.41, 5.74) is 7.80. The van der Waals surface area contributed by atoms with Gasteiger partial charge in [0.05, 0.1) is 6.61 Å². The molecule has 20 heavy (non-hydrogen) atoms. The molecule has 0 spiro atoms. The highest BCUT2D eigenvalue weighted by molar-refractivity contribution is 6.49. The van der Waals surface area contributed by atoms with Crippen molar-refractivity contribution >= 4 is 17.5 Å². The van der Waals surface area contributed by atoms with Crippen LogP contribution in [-0.4, -0.2) is 43.7 Å². The van der Waals surface area contributed by atoms with Crippen LogP contribution in [-0.2, 0) is 14.3 Å². The lowest BCUT2D eigenvalue weighted by Crippen LogP contribution is -2.37. The summed E-state index contributed by atoms with van der Waals surface area (Å²) in [4.78, 5) is 28.8. The average molecular weight is 279 g/mol. The number of hydrogen-bond acceptors (Lipinski definition) is 6. The summed E-state index contributed by atoms with van der Waals surface area (Å²) < 4.78 is 4.99. The predicted octanol–water partition coefficient (Wildman–Crippen LogP) is 0.176. The molecule has 1 atom stereocenters. The quantitative estimate of drug-likeness (QED) is 0.567. The molecule has 0 fully saturated rings. The molecular weight excluding hydrogens is 258 g/mol. The van der Waals surface area contributed by atoms with Gasteiger partial charge in [-0.2, -0.15) is 0 Å². The summed E-state index contributed by atoms with van der Waals surface area (Å²) in [6, 6.07) is 0. The number of ketones is 1. The molecule has 2 heterocycles. The molecule has 6 nitrogen and oxygen atoms in total. The first-order valence-corrected chi connectivity index (χ1v) is 7.09. The molecule has 0 aliphatic carbocycles. The van der Waals surface area contributed by atoms with E-state index < -0.39 is 11.9 Å². The number of Topliss-reactive ketones (excluding diaryl/α,β-unsaturated/α-hetero) is 1. The van der Waals surface area contributed by atoms with Gasteiger partial charge in [0.2, 0.25) is 0 Å². The molecule has 3 N–H and O–H groups in total. The van der Waals surface area contributed by atoms with Crippen molar-refractivity contribution in [2.75, 3.05) is 26.2 Å². The number of nitrogens with one attached hydrogen (secondary N) is 1. The van der Waals surface area contributed by atoms with E-state index in [1.54, 1.807) is 6.92 Å². The fourth-order valence-electron chi connectivity index (χ4n) is 2.51. The van der Waals surface area contributed by atoms with Crippen molar-refractivity contribution in [3.05, 3.63) is 11.3 Å². The fraction of sp³-hybridized carbons (Fsp3) is 0.643. The van der Waals surface area contributed by atoms with Crippen molar-refractivity contribution in [2.24, 2.45) is 16.6 Å². The second-order valence-electron chi connectivity index (χ2n) is 4.97. The van der Waals surface area contributed by atoms with Gasteiger partial charge in [0.15, 0.2) is 5.78 Å². The van der Waals surface area contributed by atoms with E-state index in [-0.39, 0.29) is 12.4 Å². The summed E-state index contributed by atoms with van der Waals surface area (Å²) >= 11 is 0. The standard InChI is InChI=1S/C14H21N3O3/c1-2-20-14(19)9-4-3-6-17-12(13(9)18)10-8-16-7-5-11(10)15/h9,16H,2-8,15H2,1H3. The van der Waals surface area contributed by atoms with Gasteiger partial charge in [-0.15, -0.1) is 0 Å². The molecule has 110 valence electrons. The molecule has 1 unspecified atom stereocenters. The molecule has 0 amide bonds. The van der Waals surface area contributed by atoms with E-state index >= 15 is 0 Å². The lowest BCUT2D eigenvalue weighted by molar-refractivity contribution is -0.150. The summed E-state index contributed by atoms with van der Waals surface area (Å²) in [5, 5.41) is 3.19. The molecule has 2 aliphatic rings. The zero-order valence-electron chi connectivity index (χ0n) is 11.8. The lowest BCUT2D eigenvalue weighted by Gasteiger charge is -2.20. The number of carbonyl (C=O) groups is 2. The third kappa shape index (κ3) is 3.07. The van der Waals surface area contributed by atoms with E-state index in [4.69, 9.17) is 10.5 Å². The molecule has 2 rings (SSSR count). The van der Waals surface area contributed by atoms with E-state index in [0.717, 1.165) is 12.1 Å². The van der Waals surface area contributed by atoms with Gasteiger partial charge in [-0.05, 0) is 26.2 Å². The number of aliphatic imine (C=N–C) groups is 1. The Balaban J connectivity index is 2.26. The number of nitrogens with zero attached hydrogens (tertiary/aromatic N) is 1.